The highest BCUT2D eigenvalue weighted by Gasteiger charge is 2.31. The SMILES string of the molecule is COC(=O)C(C)(N)COc1cc([N+](=O)[O-])ccc1Cl. The lowest BCUT2D eigenvalue weighted by Gasteiger charge is -2.21. The van der Waals surface area contributed by atoms with Crippen LogP contribution in [0.1, 0.15) is 6.92 Å². The minimum atomic E-state index is -1.37. The molecule has 0 radical (unpaired) electrons. The first-order chi connectivity index (χ1) is 8.77. The van der Waals surface area contributed by atoms with E-state index >= 15 is 0 Å². The van der Waals surface area contributed by atoms with Crippen molar-refractivity contribution in [1.82, 2.24) is 0 Å². The molecule has 0 heterocycles. The highest BCUT2D eigenvalue weighted by molar-refractivity contribution is 6.32. The first kappa shape index (κ1) is 15.2. The van der Waals surface area contributed by atoms with Crippen LogP contribution in [-0.4, -0.2) is 30.1 Å². The smallest absolute Gasteiger partial charge is 0.329 e. The molecule has 0 aliphatic carbocycles. The van der Waals surface area contributed by atoms with Crippen LogP contribution in [0, 0.1) is 10.1 Å². The molecule has 1 aromatic carbocycles. The predicted molar refractivity (Wildman–Crippen MR) is 68.2 cm³/mol. The number of nitro benzene ring substituents is 1. The van der Waals surface area contributed by atoms with Crippen molar-refractivity contribution in [2.75, 3.05) is 13.7 Å². The second kappa shape index (κ2) is 5.85. The van der Waals surface area contributed by atoms with Gasteiger partial charge in [0.15, 0.2) is 0 Å². The van der Waals surface area contributed by atoms with Gasteiger partial charge >= 0.3 is 5.97 Å². The largest absolute Gasteiger partial charge is 0.489 e. The number of carbonyl (C=O) groups excluding carboxylic acids is 1. The van der Waals surface area contributed by atoms with E-state index in [4.69, 9.17) is 22.1 Å². The molecule has 8 heteroatoms. The summed E-state index contributed by atoms with van der Waals surface area (Å²) in [4.78, 5) is 21.4. The van der Waals surface area contributed by atoms with Crippen LogP contribution in [0.2, 0.25) is 5.02 Å². The van der Waals surface area contributed by atoms with Gasteiger partial charge in [0.1, 0.15) is 17.9 Å². The van der Waals surface area contributed by atoms with Gasteiger partial charge in [0.25, 0.3) is 5.69 Å². The minimum absolute atomic E-state index is 0.0800. The summed E-state index contributed by atoms with van der Waals surface area (Å²) in [6, 6.07) is 3.74. The van der Waals surface area contributed by atoms with Crippen molar-refractivity contribution in [2.45, 2.75) is 12.5 Å². The zero-order valence-electron chi connectivity index (χ0n) is 10.4. The number of halogens is 1. The average Bonchev–Trinajstić information content (AvgIpc) is 2.36. The topological polar surface area (TPSA) is 105 Å². The van der Waals surface area contributed by atoms with Crippen molar-refractivity contribution < 1.29 is 19.2 Å². The predicted octanol–water partition coefficient (Wildman–Crippen LogP) is 1.52. The van der Waals surface area contributed by atoms with Gasteiger partial charge in [0.2, 0.25) is 0 Å². The molecule has 0 aliphatic heterocycles. The van der Waals surface area contributed by atoms with Crippen molar-refractivity contribution >= 4 is 23.3 Å². The molecule has 1 unspecified atom stereocenters. The van der Waals surface area contributed by atoms with E-state index in [1.54, 1.807) is 0 Å². The monoisotopic (exact) mass is 288 g/mol. The molecule has 0 saturated carbocycles. The molecule has 0 aromatic heterocycles. The first-order valence-corrected chi connectivity index (χ1v) is 5.60. The number of nitrogens with zero attached hydrogens (tertiary/aromatic N) is 1. The van der Waals surface area contributed by atoms with Crippen LogP contribution in [0.5, 0.6) is 5.75 Å². The number of esters is 1. The van der Waals surface area contributed by atoms with E-state index in [2.05, 4.69) is 4.74 Å². The number of methoxy groups -OCH3 is 1. The van der Waals surface area contributed by atoms with E-state index in [0.29, 0.717) is 0 Å². The molecule has 0 saturated heterocycles. The van der Waals surface area contributed by atoms with Crippen molar-refractivity contribution in [3.8, 4) is 5.75 Å². The quantitative estimate of drug-likeness (QED) is 0.500. The van der Waals surface area contributed by atoms with Gasteiger partial charge < -0.3 is 15.2 Å². The Hall–Kier alpha value is -1.86. The molecule has 0 spiro atoms. The number of benzene rings is 1. The molecular formula is C11H13ClN2O5. The molecule has 0 amide bonds. The second-order valence-electron chi connectivity index (χ2n) is 4.07. The van der Waals surface area contributed by atoms with Crippen LogP contribution in [0.25, 0.3) is 0 Å². The summed E-state index contributed by atoms with van der Waals surface area (Å²) < 4.78 is 9.76. The van der Waals surface area contributed by atoms with E-state index < -0.39 is 16.4 Å². The summed E-state index contributed by atoms with van der Waals surface area (Å²) in [5, 5.41) is 10.8. The van der Waals surface area contributed by atoms with Crippen LogP contribution in [0.15, 0.2) is 18.2 Å². The number of nitro groups is 1. The minimum Gasteiger partial charge on any atom is -0.489 e. The van der Waals surface area contributed by atoms with E-state index in [9.17, 15) is 14.9 Å². The van der Waals surface area contributed by atoms with Crippen LogP contribution in [0.3, 0.4) is 0 Å². The molecule has 2 N–H and O–H groups in total. The third-order valence-electron chi connectivity index (χ3n) is 2.30. The number of rotatable bonds is 5. The van der Waals surface area contributed by atoms with E-state index in [1.807, 2.05) is 0 Å². The highest BCUT2D eigenvalue weighted by Crippen LogP contribution is 2.29. The molecule has 1 rings (SSSR count). The first-order valence-electron chi connectivity index (χ1n) is 5.22. The third-order valence-corrected chi connectivity index (χ3v) is 2.62. The second-order valence-corrected chi connectivity index (χ2v) is 4.48. The lowest BCUT2D eigenvalue weighted by molar-refractivity contribution is -0.384. The Morgan fingerprint density at radius 2 is 2.21 bits per heavy atom. The Balaban J connectivity index is 2.85. The van der Waals surface area contributed by atoms with Gasteiger partial charge in [-0.05, 0) is 13.0 Å². The summed E-state index contributed by atoms with van der Waals surface area (Å²) in [7, 11) is 1.20. The van der Waals surface area contributed by atoms with E-state index in [-0.39, 0.29) is 23.1 Å². The Morgan fingerprint density at radius 1 is 1.58 bits per heavy atom. The summed E-state index contributed by atoms with van der Waals surface area (Å²) >= 11 is 5.84. The average molecular weight is 289 g/mol. The van der Waals surface area contributed by atoms with Gasteiger partial charge in [-0.2, -0.15) is 0 Å². The van der Waals surface area contributed by atoms with Gasteiger partial charge in [0.05, 0.1) is 23.1 Å². The molecular weight excluding hydrogens is 276 g/mol. The number of hydrogen-bond acceptors (Lipinski definition) is 6. The number of non-ortho nitro benzene ring substituents is 1. The van der Waals surface area contributed by atoms with Crippen molar-refractivity contribution in [1.29, 1.82) is 0 Å². The third kappa shape index (κ3) is 3.80. The number of carbonyl (C=O) groups is 1. The molecule has 0 bridgehead atoms. The fraction of sp³-hybridized carbons (Fsp3) is 0.364. The van der Waals surface area contributed by atoms with E-state index in [1.165, 1.54) is 26.2 Å². The summed E-state index contributed by atoms with van der Waals surface area (Å²) in [6.45, 7) is 1.20. The van der Waals surface area contributed by atoms with Crippen molar-refractivity contribution in [3.63, 3.8) is 0 Å². The fourth-order valence-electron chi connectivity index (χ4n) is 1.24. The maximum Gasteiger partial charge on any atom is 0.329 e. The van der Waals surface area contributed by atoms with Gasteiger partial charge in [-0.15, -0.1) is 0 Å². The number of hydrogen-bond donors (Lipinski definition) is 1. The molecule has 0 fully saturated rings. The maximum atomic E-state index is 11.3. The Labute approximate surface area is 114 Å². The summed E-state index contributed by atoms with van der Waals surface area (Å²) in [6.07, 6.45) is 0. The molecule has 104 valence electrons. The Bertz CT molecular complexity index is 504. The van der Waals surface area contributed by atoms with Crippen LogP contribution in [0.4, 0.5) is 5.69 Å². The van der Waals surface area contributed by atoms with Gasteiger partial charge in [0, 0.05) is 6.07 Å². The maximum absolute atomic E-state index is 11.3. The summed E-state index contributed by atoms with van der Waals surface area (Å²) in [5.74, 6) is -0.578. The molecule has 1 atom stereocenters. The fourth-order valence-corrected chi connectivity index (χ4v) is 1.41. The zero-order chi connectivity index (χ0) is 14.6. The van der Waals surface area contributed by atoms with Gasteiger partial charge in [-0.3, -0.25) is 10.1 Å². The summed E-state index contributed by atoms with van der Waals surface area (Å²) in [5.41, 5.74) is 4.15. The van der Waals surface area contributed by atoms with E-state index in [0.717, 1.165) is 6.07 Å². The molecule has 7 nitrogen and oxygen atoms in total. The standard InChI is InChI=1S/C11H13ClN2O5/c1-11(13,10(15)18-2)6-19-9-5-7(14(16)17)3-4-8(9)12/h3-5H,6,13H2,1-2H3. The Morgan fingerprint density at radius 3 is 2.74 bits per heavy atom. The number of ether oxygens (including phenoxy) is 2. The molecule has 19 heavy (non-hydrogen) atoms. The Kier molecular flexibility index (Phi) is 4.68. The molecule has 0 aliphatic rings. The molecule has 1 aromatic rings. The lowest BCUT2D eigenvalue weighted by atomic mass is 10.1. The van der Waals surface area contributed by atoms with Gasteiger partial charge in [-0.1, -0.05) is 11.6 Å². The van der Waals surface area contributed by atoms with Crippen LogP contribution >= 0.6 is 11.6 Å². The normalized spacial score (nSPS) is 13.5. The zero-order valence-corrected chi connectivity index (χ0v) is 11.1. The van der Waals surface area contributed by atoms with Crippen LogP contribution in [-0.2, 0) is 9.53 Å². The highest BCUT2D eigenvalue weighted by atomic mass is 35.5. The van der Waals surface area contributed by atoms with Crippen molar-refractivity contribution in [2.24, 2.45) is 5.73 Å². The van der Waals surface area contributed by atoms with Gasteiger partial charge in [-0.25, -0.2) is 4.79 Å². The lowest BCUT2D eigenvalue weighted by Crippen LogP contribution is -2.50. The van der Waals surface area contributed by atoms with Crippen molar-refractivity contribution in [3.05, 3.63) is 33.3 Å². The van der Waals surface area contributed by atoms with Crippen LogP contribution < -0.4 is 10.5 Å². The number of nitrogens with two attached hydrogens (primary N) is 1.